The van der Waals surface area contributed by atoms with Crippen molar-refractivity contribution in [2.45, 2.75) is 20.8 Å². The second-order valence-corrected chi connectivity index (χ2v) is 6.20. The molecule has 0 atom stereocenters. The van der Waals surface area contributed by atoms with Crippen molar-refractivity contribution in [3.63, 3.8) is 0 Å². The number of rotatable bonds is 5. The number of hydrazone groups is 1. The number of amides is 1. The van der Waals surface area contributed by atoms with Crippen LogP contribution in [0.1, 0.15) is 22.4 Å². The normalized spacial score (nSPS) is 11.0. The summed E-state index contributed by atoms with van der Waals surface area (Å²) in [6.07, 6.45) is 3.11. The molecule has 0 fully saturated rings. The average molecular weight is 347 g/mol. The fourth-order valence-electron chi connectivity index (χ4n) is 2.87. The smallest absolute Gasteiger partial charge is 0.259 e. The molecule has 0 aliphatic carbocycles. The van der Waals surface area contributed by atoms with E-state index in [0.717, 1.165) is 27.8 Å². The topological polar surface area (TPSA) is 79.3 Å². The second-order valence-electron chi connectivity index (χ2n) is 6.20. The van der Waals surface area contributed by atoms with E-state index < -0.39 is 0 Å². The van der Waals surface area contributed by atoms with Crippen LogP contribution in [0.4, 0.5) is 5.69 Å². The number of fused-ring (bicyclic) bond motifs is 1. The first-order valence-electron chi connectivity index (χ1n) is 8.38. The Morgan fingerprint density at radius 1 is 1.12 bits per heavy atom. The summed E-state index contributed by atoms with van der Waals surface area (Å²) in [5, 5.41) is 7.12. The van der Waals surface area contributed by atoms with Crippen molar-refractivity contribution < 1.29 is 4.79 Å². The maximum Gasteiger partial charge on any atom is 0.259 e. The third-order valence-electron chi connectivity index (χ3n) is 3.96. The number of nitrogens with zero attached hydrogens (tertiary/aromatic N) is 3. The molecule has 1 amide bonds. The van der Waals surface area contributed by atoms with E-state index in [1.165, 1.54) is 11.8 Å². The van der Waals surface area contributed by atoms with Crippen LogP contribution in [0.3, 0.4) is 0 Å². The summed E-state index contributed by atoms with van der Waals surface area (Å²) in [7, 11) is 0. The van der Waals surface area contributed by atoms with Crippen LogP contribution >= 0.6 is 0 Å². The van der Waals surface area contributed by atoms with Crippen molar-refractivity contribution in [1.82, 2.24) is 15.4 Å². The highest BCUT2D eigenvalue weighted by Gasteiger charge is 2.06. The highest BCUT2D eigenvalue weighted by Crippen LogP contribution is 2.21. The molecule has 0 bridgehead atoms. The number of carbonyl (C=O) groups excluding carboxylic acids is 1. The fourth-order valence-corrected chi connectivity index (χ4v) is 2.87. The van der Waals surface area contributed by atoms with Crippen LogP contribution in [-0.4, -0.2) is 28.6 Å². The summed E-state index contributed by atoms with van der Waals surface area (Å²) in [5.74, 6) is -0.227. The van der Waals surface area contributed by atoms with Crippen molar-refractivity contribution in [3.8, 4) is 0 Å². The fraction of sp³-hybridized carbons (Fsp3) is 0.200. The molecule has 2 N–H and O–H groups in total. The summed E-state index contributed by atoms with van der Waals surface area (Å²) >= 11 is 0. The predicted molar refractivity (Wildman–Crippen MR) is 104 cm³/mol. The molecule has 2 aromatic carbocycles. The van der Waals surface area contributed by atoms with Crippen molar-refractivity contribution in [3.05, 3.63) is 65.0 Å². The number of carbonyl (C=O) groups is 1. The van der Waals surface area contributed by atoms with Crippen molar-refractivity contribution >= 4 is 28.8 Å². The Morgan fingerprint density at radius 2 is 1.81 bits per heavy atom. The van der Waals surface area contributed by atoms with Gasteiger partial charge in [0.25, 0.3) is 5.91 Å². The standard InChI is InChI=1S/C20H21N5O/c1-13-8-14(2)20(15(3)9-13)22-12-19(26)25-23-11-16-10-21-17-6-4-5-7-18(17)24-16/h4-11,22H,12H2,1-3H3,(H,25,26)/b23-11-. The van der Waals surface area contributed by atoms with E-state index in [0.29, 0.717) is 5.69 Å². The average Bonchev–Trinajstić information content (AvgIpc) is 2.60. The lowest BCUT2D eigenvalue weighted by molar-refractivity contribution is -0.119. The number of hydrogen-bond acceptors (Lipinski definition) is 5. The first kappa shape index (κ1) is 17.5. The number of nitrogens with one attached hydrogen (secondary N) is 2. The van der Waals surface area contributed by atoms with Gasteiger partial charge in [-0.1, -0.05) is 29.8 Å². The number of aryl methyl sites for hydroxylation is 3. The highest BCUT2D eigenvalue weighted by atomic mass is 16.2. The molecular weight excluding hydrogens is 326 g/mol. The third kappa shape index (κ3) is 4.22. The second kappa shape index (κ2) is 7.74. The number of aromatic nitrogens is 2. The molecular formula is C20H21N5O. The highest BCUT2D eigenvalue weighted by molar-refractivity contribution is 5.85. The molecule has 1 heterocycles. The quantitative estimate of drug-likeness (QED) is 0.549. The van der Waals surface area contributed by atoms with Crippen molar-refractivity contribution in [2.75, 3.05) is 11.9 Å². The number of anilines is 1. The largest absolute Gasteiger partial charge is 0.376 e. The van der Waals surface area contributed by atoms with Gasteiger partial charge in [-0.3, -0.25) is 9.78 Å². The molecule has 3 aromatic rings. The van der Waals surface area contributed by atoms with Crippen molar-refractivity contribution in [2.24, 2.45) is 5.10 Å². The maximum absolute atomic E-state index is 12.0. The van der Waals surface area contributed by atoms with Crippen molar-refractivity contribution in [1.29, 1.82) is 0 Å². The zero-order valence-corrected chi connectivity index (χ0v) is 15.1. The van der Waals surface area contributed by atoms with Crippen LogP contribution in [0.15, 0.2) is 47.7 Å². The summed E-state index contributed by atoms with van der Waals surface area (Å²) < 4.78 is 0. The van der Waals surface area contributed by atoms with E-state index >= 15 is 0 Å². The van der Waals surface area contributed by atoms with E-state index in [2.05, 4.69) is 44.9 Å². The van der Waals surface area contributed by atoms with Crippen LogP contribution < -0.4 is 10.7 Å². The zero-order valence-electron chi connectivity index (χ0n) is 15.1. The molecule has 0 saturated heterocycles. The maximum atomic E-state index is 12.0. The van der Waals surface area contributed by atoms with Gasteiger partial charge in [0.15, 0.2) is 0 Å². The van der Waals surface area contributed by atoms with Gasteiger partial charge in [-0.05, 0) is 44.0 Å². The Morgan fingerprint density at radius 3 is 2.54 bits per heavy atom. The molecule has 0 aliphatic rings. The minimum absolute atomic E-state index is 0.144. The molecule has 3 rings (SSSR count). The molecule has 132 valence electrons. The molecule has 0 spiro atoms. The SMILES string of the molecule is Cc1cc(C)c(NCC(=O)N/N=C\c2cnc3ccccc3n2)c(C)c1. The number of hydrogen-bond donors (Lipinski definition) is 2. The van der Waals surface area contributed by atoms with Crippen LogP contribution in [0.5, 0.6) is 0 Å². The van der Waals surface area contributed by atoms with E-state index in [1.54, 1.807) is 6.20 Å². The molecule has 1 aromatic heterocycles. The van der Waals surface area contributed by atoms with Gasteiger partial charge in [0.05, 0.1) is 30.0 Å². The lowest BCUT2D eigenvalue weighted by atomic mass is 10.1. The van der Waals surface area contributed by atoms with E-state index in [4.69, 9.17) is 0 Å². The monoisotopic (exact) mass is 347 g/mol. The lowest BCUT2D eigenvalue weighted by Gasteiger charge is -2.13. The third-order valence-corrected chi connectivity index (χ3v) is 3.96. The van der Waals surface area contributed by atoms with Crippen LogP contribution in [-0.2, 0) is 4.79 Å². The molecule has 26 heavy (non-hydrogen) atoms. The number of para-hydroxylation sites is 2. The van der Waals surface area contributed by atoms with Gasteiger partial charge in [-0.2, -0.15) is 5.10 Å². The summed E-state index contributed by atoms with van der Waals surface area (Å²) in [5.41, 5.74) is 9.11. The summed E-state index contributed by atoms with van der Waals surface area (Å²) in [4.78, 5) is 20.7. The molecule has 0 saturated carbocycles. The molecule has 0 radical (unpaired) electrons. The summed E-state index contributed by atoms with van der Waals surface area (Å²) in [6.45, 7) is 6.25. The summed E-state index contributed by atoms with van der Waals surface area (Å²) in [6, 6.07) is 11.8. The lowest BCUT2D eigenvalue weighted by Crippen LogP contribution is -2.26. The molecule has 0 unspecified atom stereocenters. The Kier molecular flexibility index (Phi) is 5.22. The van der Waals surface area contributed by atoms with E-state index in [-0.39, 0.29) is 12.5 Å². The Bertz CT molecular complexity index is 958. The first-order valence-corrected chi connectivity index (χ1v) is 8.38. The van der Waals surface area contributed by atoms with Crippen LogP contribution in [0, 0.1) is 20.8 Å². The number of benzene rings is 2. The zero-order chi connectivity index (χ0) is 18.5. The molecule has 6 nitrogen and oxygen atoms in total. The van der Waals surface area contributed by atoms with Gasteiger partial charge in [0, 0.05) is 5.69 Å². The van der Waals surface area contributed by atoms with Crippen LogP contribution in [0.25, 0.3) is 11.0 Å². The predicted octanol–water partition coefficient (Wildman–Crippen LogP) is 3.12. The van der Waals surface area contributed by atoms with Gasteiger partial charge < -0.3 is 5.32 Å². The van der Waals surface area contributed by atoms with E-state index in [1.807, 2.05) is 38.1 Å². The van der Waals surface area contributed by atoms with Gasteiger partial charge in [-0.25, -0.2) is 10.4 Å². The van der Waals surface area contributed by atoms with Gasteiger partial charge in [0.1, 0.15) is 5.69 Å². The molecule has 6 heteroatoms. The Labute approximate surface area is 152 Å². The Hall–Kier alpha value is -3.28. The van der Waals surface area contributed by atoms with Gasteiger partial charge in [0.2, 0.25) is 0 Å². The minimum atomic E-state index is -0.227. The van der Waals surface area contributed by atoms with Gasteiger partial charge in [-0.15, -0.1) is 0 Å². The molecule has 0 aliphatic heterocycles. The van der Waals surface area contributed by atoms with E-state index in [9.17, 15) is 4.79 Å². The minimum Gasteiger partial charge on any atom is -0.376 e. The van der Waals surface area contributed by atoms with Gasteiger partial charge >= 0.3 is 0 Å². The Balaban J connectivity index is 1.57. The first-order chi connectivity index (χ1) is 12.5. The van der Waals surface area contributed by atoms with Crippen LogP contribution in [0.2, 0.25) is 0 Å².